The van der Waals surface area contributed by atoms with Gasteiger partial charge in [0.1, 0.15) is 17.5 Å². The van der Waals surface area contributed by atoms with Gasteiger partial charge in [0.25, 0.3) is 5.91 Å². The molecule has 3 heterocycles. The van der Waals surface area contributed by atoms with E-state index in [0.29, 0.717) is 25.2 Å². The molecule has 1 aromatic carbocycles. The van der Waals surface area contributed by atoms with E-state index in [9.17, 15) is 9.70 Å². The van der Waals surface area contributed by atoms with Crippen LogP contribution >= 0.6 is 0 Å². The van der Waals surface area contributed by atoms with E-state index in [1.807, 2.05) is 40.9 Å². The highest BCUT2D eigenvalue weighted by molar-refractivity contribution is 5.95. The summed E-state index contributed by atoms with van der Waals surface area (Å²) in [5, 5.41) is 3.26. The zero-order chi connectivity index (χ0) is 21.8. The van der Waals surface area contributed by atoms with E-state index < -0.39 is 6.04 Å². The van der Waals surface area contributed by atoms with E-state index in [4.69, 9.17) is 4.74 Å². The smallest absolute Gasteiger partial charge is 0.270 e. The molecule has 1 amide bonds. The molecule has 0 bridgehead atoms. The lowest BCUT2D eigenvalue weighted by Gasteiger charge is -2.36. The topological polar surface area (TPSA) is 70.4 Å². The molecule has 2 aromatic rings. The van der Waals surface area contributed by atoms with E-state index in [-0.39, 0.29) is 5.91 Å². The molecule has 0 saturated carbocycles. The van der Waals surface area contributed by atoms with Crippen LogP contribution in [-0.2, 0) is 7.05 Å². The molecule has 1 saturated heterocycles. The Labute approximate surface area is 183 Å². The molecule has 1 fully saturated rings. The molecular weight excluding hydrogens is 394 g/mol. The van der Waals surface area contributed by atoms with E-state index in [2.05, 4.69) is 27.1 Å². The Morgan fingerprint density at radius 2 is 1.77 bits per heavy atom. The third-order valence-electron chi connectivity index (χ3n) is 6.46. The molecule has 4 rings (SSSR count). The van der Waals surface area contributed by atoms with Crippen LogP contribution in [0.3, 0.4) is 0 Å². The van der Waals surface area contributed by atoms with Crippen molar-refractivity contribution < 1.29 is 9.53 Å². The second kappa shape index (κ2) is 9.51. The zero-order valence-electron chi connectivity index (χ0n) is 18.4. The molecule has 8 nitrogen and oxygen atoms in total. The number of anilines is 1. The molecule has 1 unspecified atom stereocenters. The number of methoxy groups -OCH3 is 1. The summed E-state index contributed by atoms with van der Waals surface area (Å²) in [6, 6.07) is 9.64. The van der Waals surface area contributed by atoms with Crippen LogP contribution in [0.1, 0.15) is 34.9 Å². The zero-order valence-corrected chi connectivity index (χ0v) is 18.4. The Balaban J connectivity index is 1.27. The van der Waals surface area contributed by atoms with Crippen LogP contribution in [0.4, 0.5) is 5.69 Å². The third-order valence-corrected chi connectivity index (χ3v) is 6.46. The average molecular weight is 426 g/mol. The number of hydrogen-bond donors (Lipinski definition) is 0. The van der Waals surface area contributed by atoms with Crippen LogP contribution in [-0.4, -0.2) is 73.2 Å². The van der Waals surface area contributed by atoms with E-state index in [1.165, 1.54) is 5.69 Å². The maximum atomic E-state index is 13.0. The van der Waals surface area contributed by atoms with Crippen LogP contribution in [0.5, 0.6) is 5.75 Å². The van der Waals surface area contributed by atoms with Crippen molar-refractivity contribution in [2.24, 2.45) is 12.2 Å². The average Bonchev–Trinajstić information content (AvgIpc) is 3.13. The number of rotatable bonds is 7. The van der Waals surface area contributed by atoms with Crippen molar-refractivity contribution in [1.29, 1.82) is 0 Å². The summed E-state index contributed by atoms with van der Waals surface area (Å²) in [6.45, 7) is 6.26. The highest BCUT2D eigenvalue weighted by Gasteiger charge is 2.31. The molecule has 8 heteroatoms. The van der Waals surface area contributed by atoms with Crippen LogP contribution < -0.4 is 9.64 Å². The summed E-state index contributed by atoms with van der Waals surface area (Å²) in [4.78, 5) is 31.1. The maximum Gasteiger partial charge on any atom is 0.270 e. The fourth-order valence-corrected chi connectivity index (χ4v) is 4.61. The van der Waals surface area contributed by atoms with Gasteiger partial charge in [0.2, 0.25) is 0 Å². The Morgan fingerprint density at radius 3 is 2.45 bits per heavy atom. The monoisotopic (exact) mass is 425 g/mol. The Morgan fingerprint density at radius 1 is 1.03 bits per heavy atom. The lowest BCUT2D eigenvalue weighted by Crippen LogP contribution is -2.47. The largest absolute Gasteiger partial charge is 0.497 e. The number of benzene rings is 1. The van der Waals surface area contributed by atoms with Crippen LogP contribution in [0.2, 0.25) is 0 Å². The number of ether oxygens (including phenoxy) is 1. The molecule has 0 radical (unpaired) electrons. The number of piperazine rings is 1. The summed E-state index contributed by atoms with van der Waals surface area (Å²) in [7, 11) is 3.54. The first-order chi connectivity index (χ1) is 15.1. The lowest BCUT2D eigenvalue weighted by molar-refractivity contribution is 0.0742. The molecule has 0 N–H and O–H groups in total. The van der Waals surface area contributed by atoms with E-state index >= 15 is 0 Å². The molecule has 0 spiro atoms. The van der Waals surface area contributed by atoms with Crippen molar-refractivity contribution in [3.63, 3.8) is 0 Å². The fraction of sp³-hybridized carbons (Fsp3) is 0.522. The van der Waals surface area contributed by atoms with Crippen molar-refractivity contribution in [3.05, 3.63) is 52.7 Å². The quantitative estimate of drug-likeness (QED) is 0.638. The number of carbonyl (C=O) groups excluding carboxylic acids is 1. The first-order valence-corrected chi connectivity index (χ1v) is 11.0. The Hall–Kier alpha value is -2.87. The molecular formula is C23H31N5O3. The Kier molecular flexibility index (Phi) is 6.56. The Bertz CT molecular complexity index is 902. The normalized spacial score (nSPS) is 19.8. The molecule has 31 heavy (non-hydrogen) atoms. The van der Waals surface area contributed by atoms with Gasteiger partial charge in [-0.2, -0.15) is 4.91 Å². The van der Waals surface area contributed by atoms with Gasteiger partial charge in [0.05, 0.1) is 7.11 Å². The number of nitroso groups, excluding NO2 is 1. The van der Waals surface area contributed by atoms with Gasteiger partial charge in [-0.3, -0.25) is 9.69 Å². The molecule has 2 aliphatic heterocycles. The number of aryl methyl sites for hydroxylation is 1. The molecule has 2 aliphatic rings. The molecule has 0 aliphatic carbocycles. The van der Waals surface area contributed by atoms with Gasteiger partial charge in [0, 0.05) is 63.8 Å². The molecule has 166 valence electrons. The standard InChI is InChI=1S/C23H31N5O3/c1-25-12-8-20-21(24-30)9-13-28(23(29)22(20)25)11-3-10-26-14-16-27(17-15-26)18-4-6-19(31-2)7-5-18/h4-8,12,21H,3,9-11,13-17H2,1-2H3. The summed E-state index contributed by atoms with van der Waals surface area (Å²) in [5.74, 6) is 0.890. The van der Waals surface area contributed by atoms with Crippen molar-refractivity contribution >= 4 is 11.6 Å². The number of fused-ring (bicyclic) bond motifs is 1. The first kappa shape index (κ1) is 21.4. The molecule has 1 atom stereocenters. The summed E-state index contributed by atoms with van der Waals surface area (Å²) >= 11 is 0. The van der Waals surface area contributed by atoms with E-state index in [0.717, 1.165) is 50.5 Å². The summed E-state index contributed by atoms with van der Waals surface area (Å²) in [5.41, 5.74) is 2.60. The second-order valence-corrected chi connectivity index (χ2v) is 8.31. The minimum Gasteiger partial charge on any atom is -0.497 e. The lowest BCUT2D eigenvalue weighted by atomic mass is 10.1. The number of amides is 1. The SMILES string of the molecule is COc1ccc(N2CCN(CCCN3CCC(N=O)c4ccn(C)c4C3=O)CC2)cc1. The van der Waals surface area contributed by atoms with Crippen molar-refractivity contribution in [1.82, 2.24) is 14.4 Å². The highest BCUT2D eigenvalue weighted by atomic mass is 16.5. The summed E-state index contributed by atoms with van der Waals surface area (Å²) in [6.07, 6.45) is 3.35. The number of hydrogen-bond acceptors (Lipinski definition) is 6. The van der Waals surface area contributed by atoms with Gasteiger partial charge < -0.3 is 19.1 Å². The van der Waals surface area contributed by atoms with E-state index in [1.54, 1.807) is 7.11 Å². The fourth-order valence-electron chi connectivity index (χ4n) is 4.61. The van der Waals surface area contributed by atoms with Crippen molar-refractivity contribution in [2.45, 2.75) is 18.9 Å². The predicted octanol–water partition coefficient (Wildman–Crippen LogP) is 2.90. The van der Waals surface area contributed by atoms with Gasteiger partial charge in [0.15, 0.2) is 0 Å². The van der Waals surface area contributed by atoms with Crippen LogP contribution in [0.25, 0.3) is 0 Å². The van der Waals surface area contributed by atoms with Crippen LogP contribution in [0.15, 0.2) is 41.7 Å². The van der Waals surface area contributed by atoms with Crippen molar-refractivity contribution in [2.75, 3.05) is 57.8 Å². The number of aromatic nitrogens is 1. The number of carbonyl (C=O) groups is 1. The third kappa shape index (κ3) is 4.58. The first-order valence-electron chi connectivity index (χ1n) is 11.0. The maximum absolute atomic E-state index is 13.0. The minimum absolute atomic E-state index is 0.0120. The number of nitrogens with zero attached hydrogens (tertiary/aromatic N) is 5. The summed E-state index contributed by atoms with van der Waals surface area (Å²) < 4.78 is 7.05. The van der Waals surface area contributed by atoms with Gasteiger partial charge in [-0.1, -0.05) is 5.18 Å². The van der Waals surface area contributed by atoms with Crippen LogP contribution in [0, 0.1) is 4.91 Å². The van der Waals surface area contributed by atoms with Gasteiger partial charge >= 0.3 is 0 Å². The van der Waals surface area contributed by atoms with Gasteiger partial charge in [-0.15, -0.1) is 0 Å². The van der Waals surface area contributed by atoms with Gasteiger partial charge in [-0.05, 0) is 49.7 Å². The minimum atomic E-state index is -0.434. The molecule has 1 aromatic heterocycles. The van der Waals surface area contributed by atoms with Gasteiger partial charge in [-0.25, -0.2) is 0 Å². The van der Waals surface area contributed by atoms with Crippen molar-refractivity contribution in [3.8, 4) is 5.75 Å². The highest BCUT2D eigenvalue weighted by Crippen LogP contribution is 2.30. The second-order valence-electron chi connectivity index (χ2n) is 8.31. The predicted molar refractivity (Wildman–Crippen MR) is 121 cm³/mol.